The molecule has 0 aliphatic heterocycles. The maximum Gasteiger partial charge on any atom is 0.319 e. The second-order valence-corrected chi connectivity index (χ2v) is 11.9. The van der Waals surface area contributed by atoms with Crippen LogP contribution in [0.3, 0.4) is 0 Å². The van der Waals surface area contributed by atoms with Crippen molar-refractivity contribution in [1.29, 1.82) is 0 Å². The molecule has 0 spiro atoms. The van der Waals surface area contributed by atoms with E-state index in [0.717, 1.165) is 18.3 Å². The molecular formula is C25H35BrO3. The molecule has 0 aromatic rings. The minimum Gasteiger partial charge on any atom is -0.465 e. The third-order valence-corrected chi connectivity index (χ3v) is 9.50. The average molecular weight is 463 g/mol. The highest BCUT2D eigenvalue weighted by Gasteiger charge is 2.59. The van der Waals surface area contributed by atoms with Crippen LogP contribution in [0.25, 0.3) is 0 Å². The van der Waals surface area contributed by atoms with Crippen molar-refractivity contribution in [1.82, 2.24) is 0 Å². The molecule has 8 atom stereocenters. The fraction of sp³-hybridized carbons (Fsp3) is 0.760. The summed E-state index contributed by atoms with van der Waals surface area (Å²) in [7, 11) is 0. The molecule has 0 bridgehead atoms. The number of hydrogen-bond donors (Lipinski definition) is 0. The van der Waals surface area contributed by atoms with Crippen LogP contribution in [0.4, 0.5) is 0 Å². The van der Waals surface area contributed by atoms with Gasteiger partial charge in [0.15, 0.2) is 5.78 Å². The van der Waals surface area contributed by atoms with Crippen molar-refractivity contribution in [3.63, 3.8) is 0 Å². The minimum atomic E-state index is -0.238. The molecule has 3 fully saturated rings. The number of halogens is 1. The van der Waals surface area contributed by atoms with Crippen LogP contribution in [0.5, 0.6) is 0 Å². The zero-order valence-electron chi connectivity index (χ0n) is 18.2. The fourth-order valence-corrected chi connectivity index (χ4v) is 7.75. The Labute approximate surface area is 183 Å². The number of carbonyl (C=O) groups is 2. The lowest BCUT2D eigenvalue weighted by atomic mass is 9.47. The van der Waals surface area contributed by atoms with E-state index in [1.807, 2.05) is 13.0 Å². The molecular weight excluding hydrogens is 428 g/mol. The Balaban J connectivity index is 1.50. The van der Waals surface area contributed by atoms with E-state index in [1.165, 1.54) is 37.7 Å². The molecule has 4 aliphatic rings. The van der Waals surface area contributed by atoms with Gasteiger partial charge in [0, 0.05) is 5.41 Å². The Hall–Kier alpha value is -0.900. The molecule has 0 aromatic carbocycles. The Morgan fingerprint density at radius 2 is 1.97 bits per heavy atom. The van der Waals surface area contributed by atoms with Gasteiger partial charge in [-0.15, -0.1) is 0 Å². The first kappa shape index (κ1) is 21.3. The van der Waals surface area contributed by atoms with Crippen LogP contribution < -0.4 is 0 Å². The predicted molar refractivity (Wildman–Crippen MR) is 119 cm³/mol. The topological polar surface area (TPSA) is 43.4 Å². The van der Waals surface area contributed by atoms with Gasteiger partial charge in [0.25, 0.3) is 0 Å². The summed E-state index contributed by atoms with van der Waals surface area (Å²) in [5, 5.41) is 0. The van der Waals surface area contributed by atoms with E-state index in [-0.39, 0.29) is 22.0 Å². The third kappa shape index (κ3) is 3.47. The highest BCUT2D eigenvalue weighted by Crippen LogP contribution is 2.66. The van der Waals surface area contributed by atoms with Gasteiger partial charge in [-0.25, -0.2) is 0 Å². The van der Waals surface area contributed by atoms with Gasteiger partial charge in [0.05, 0.1) is 6.61 Å². The molecule has 4 heteroatoms. The van der Waals surface area contributed by atoms with Crippen molar-refractivity contribution in [3.8, 4) is 0 Å². The van der Waals surface area contributed by atoms with Crippen LogP contribution in [0.2, 0.25) is 0 Å². The van der Waals surface area contributed by atoms with E-state index in [4.69, 9.17) is 4.74 Å². The summed E-state index contributed by atoms with van der Waals surface area (Å²) in [5.41, 5.74) is 1.79. The van der Waals surface area contributed by atoms with Gasteiger partial charge >= 0.3 is 5.97 Å². The molecule has 0 radical (unpaired) electrons. The number of hydrogen-bond acceptors (Lipinski definition) is 3. The molecule has 0 aromatic heterocycles. The summed E-state index contributed by atoms with van der Waals surface area (Å²) in [4.78, 5) is 23.6. The summed E-state index contributed by atoms with van der Waals surface area (Å²) >= 11 is 3.31. The highest BCUT2D eigenvalue weighted by atomic mass is 79.9. The molecule has 29 heavy (non-hydrogen) atoms. The van der Waals surface area contributed by atoms with E-state index in [1.54, 1.807) is 6.08 Å². The molecule has 160 valence electrons. The highest BCUT2D eigenvalue weighted by molar-refractivity contribution is 9.10. The van der Waals surface area contributed by atoms with Gasteiger partial charge in [-0.05, 0) is 92.6 Å². The minimum absolute atomic E-state index is 0.0728. The lowest BCUT2D eigenvalue weighted by Crippen LogP contribution is -2.50. The fourth-order valence-electron chi connectivity index (χ4n) is 7.62. The summed E-state index contributed by atoms with van der Waals surface area (Å²) in [5.74, 6) is 3.20. The maximum atomic E-state index is 11.9. The van der Waals surface area contributed by atoms with Crippen molar-refractivity contribution in [2.24, 2.45) is 40.4 Å². The summed E-state index contributed by atoms with van der Waals surface area (Å²) in [6.07, 6.45) is 13.3. The molecule has 3 nitrogen and oxygen atoms in total. The van der Waals surface area contributed by atoms with Crippen LogP contribution in [0.15, 0.2) is 23.8 Å². The van der Waals surface area contributed by atoms with Crippen LogP contribution in [-0.2, 0) is 14.3 Å². The average Bonchev–Trinajstić information content (AvgIpc) is 3.03. The van der Waals surface area contributed by atoms with Crippen molar-refractivity contribution >= 4 is 27.7 Å². The number of allylic oxidation sites excluding steroid dienone is 4. The Kier molecular flexibility index (Phi) is 5.63. The van der Waals surface area contributed by atoms with E-state index < -0.39 is 0 Å². The Bertz CT molecular complexity index is 753. The van der Waals surface area contributed by atoms with Gasteiger partial charge in [0.1, 0.15) is 4.83 Å². The van der Waals surface area contributed by atoms with Gasteiger partial charge in [-0.3, -0.25) is 9.59 Å². The molecule has 4 aliphatic carbocycles. The lowest BCUT2D eigenvalue weighted by molar-refractivity contribution is -0.145. The number of rotatable bonds is 4. The first-order valence-corrected chi connectivity index (χ1v) is 12.3. The number of alkyl halides is 1. The first-order valence-electron chi connectivity index (χ1n) is 11.4. The monoisotopic (exact) mass is 462 g/mol. The Morgan fingerprint density at radius 3 is 2.69 bits per heavy atom. The molecule has 0 N–H and O–H groups in total. The number of ketones is 1. The van der Waals surface area contributed by atoms with Gasteiger partial charge in [-0.1, -0.05) is 48.4 Å². The SMILES string of the molecule is CC(Br)C(=O)OCC(C)[C@H]1CC[C@H]2[C@@H]3CCC4=CC(=O)C=C[C@]4(C)[C@H]3CC[C@]12C. The largest absolute Gasteiger partial charge is 0.465 e. The standard InChI is InChI=1S/C25H35BrO3/c1-15(14-29-23(28)16(2)26)20-7-8-21-19-6-5-17-13-18(27)9-11-24(17,3)22(19)10-12-25(20,21)4/h9,11,13,15-16,19-22H,5-8,10,12,14H2,1-4H3/t15?,16?,19-,20+,21-,22-,24-,25+/m0/s1. The summed E-state index contributed by atoms with van der Waals surface area (Å²) < 4.78 is 5.57. The van der Waals surface area contributed by atoms with Crippen molar-refractivity contribution in [2.45, 2.75) is 71.0 Å². The Morgan fingerprint density at radius 1 is 1.21 bits per heavy atom. The van der Waals surface area contributed by atoms with E-state index in [0.29, 0.717) is 29.8 Å². The second-order valence-electron chi connectivity index (χ2n) is 10.6. The van der Waals surface area contributed by atoms with Gasteiger partial charge in [-0.2, -0.15) is 0 Å². The van der Waals surface area contributed by atoms with Crippen molar-refractivity contribution in [3.05, 3.63) is 23.8 Å². The molecule has 0 saturated heterocycles. The normalized spacial score (nSPS) is 42.9. The van der Waals surface area contributed by atoms with E-state index in [2.05, 4.69) is 42.8 Å². The number of esters is 1. The van der Waals surface area contributed by atoms with E-state index >= 15 is 0 Å². The van der Waals surface area contributed by atoms with Crippen molar-refractivity contribution in [2.75, 3.05) is 6.61 Å². The third-order valence-electron chi connectivity index (χ3n) is 9.13. The predicted octanol–water partition coefficient (Wildman–Crippen LogP) is 5.87. The molecule has 2 unspecified atom stereocenters. The smallest absolute Gasteiger partial charge is 0.319 e. The number of ether oxygens (including phenoxy) is 1. The number of fused-ring (bicyclic) bond motifs is 5. The quantitative estimate of drug-likeness (QED) is 0.387. The zero-order chi connectivity index (χ0) is 21.0. The lowest BCUT2D eigenvalue weighted by Gasteiger charge is -2.57. The molecule has 3 saturated carbocycles. The maximum absolute atomic E-state index is 11.9. The zero-order valence-corrected chi connectivity index (χ0v) is 19.8. The van der Waals surface area contributed by atoms with Crippen LogP contribution in [0.1, 0.15) is 66.2 Å². The molecule has 0 amide bonds. The summed E-state index contributed by atoms with van der Waals surface area (Å²) in [6, 6.07) is 0. The second kappa shape index (κ2) is 7.66. The van der Waals surface area contributed by atoms with Crippen LogP contribution >= 0.6 is 15.9 Å². The van der Waals surface area contributed by atoms with Gasteiger partial charge in [0.2, 0.25) is 0 Å². The molecule has 4 rings (SSSR count). The number of carbonyl (C=O) groups excluding carboxylic acids is 2. The van der Waals surface area contributed by atoms with Crippen LogP contribution in [0, 0.1) is 40.4 Å². The van der Waals surface area contributed by atoms with E-state index in [9.17, 15) is 9.59 Å². The van der Waals surface area contributed by atoms with Crippen LogP contribution in [-0.4, -0.2) is 23.2 Å². The molecule has 0 heterocycles. The summed E-state index contributed by atoms with van der Waals surface area (Å²) in [6.45, 7) is 9.52. The van der Waals surface area contributed by atoms with Crippen molar-refractivity contribution < 1.29 is 14.3 Å². The van der Waals surface area contributed by atoms with Gasteiger partial charge < -0.3 is 4.74 Å². The first-order chi connectivity index (χ1) is 13.7.